The minimum absolute atomic E-state index is 0.175. The van der Waals surface area contributed by atoms with E-state index < -0.39 is 11.9 Å². The van der Waals surface area contributed by atoms with Gasteiger partial charge in [-0.25, -0.2) is 9.97 Å². The smallest absolute Gasteiger partial charge is 0.272 e. The summed E-state index contributed by atoms with van der Waals surface area (Å²) in [5.74, 6) is 1.82. The predicted octanol–water partition coefficient (Wildman–Crippen LogP) is 3.56. The van der Waals surface area contributed by atoms with Crippen LogP contribution < -0.4 is 20.1 Å². The van der Waals surface area contributed by atoms with Crippen molar-refractivity contribution < 1.29 is 19.4 Å². The van der Waals surface area contributed by atoms with E-state index in [1.165, 1.54) is 6.33 Å². The number of imidazole rings is 1. The molecular formula is C24H21ClN6O4. The van der Waals surface area contributed by atoms with Gasteiger partial charge in [-0.05, 0) is 36.8 Å². The van der Waals surface area contributed by atoms with Crippen LogP contribution in [0.1, 0.15) is 27.7 Å². The van der Waals surface area contributed by atoms with E-state index in [0.29, 0.717) is 33.9 Å². The van der Waals surface area contributed by atoms with Crippen molar-refractivity contribution in [1.82, 2.24) is 24.8 Å². The molecule has 0 saturated heterocycles. The van der Waals surface area contributed by atoms with E-state index in [0.717, 1.165) is 11.3 Å². The highest BCUT2D eigenvalue weighted by atomic mass is 35.5. The summed E-state index contributed by atoms with van der Waals surface area (Å²) < 4.78 is 12.4. The number of hydrogen-bond donors (Lipinski definition) is 3. The van der Waals surface area contributed by atoms with E-state index in [4.69, 9.17) is 21.1 Å². The molecule has 0 aliphatic carbocycles. The summed E-state index contributed by atoms with van der Waals surface area (Å²) >= 11 is 6.04. The molecule has 1 atom stereocenters. The molecule has 0 radical (unpaired) electrons. The summed E-state index contributed by atoms with van der Waals surface area (Å²) in [5, 5.41) is 16.2. The number of nitrogens with one attached hydrogen (secondary N) is 2. The Hall–Kier alpha value is -4.15. The Bertz CT molecular complexity index is 1390. The first-order valence-electron chi connectivity index (χ1n) is 10.7. The number of hydrogen-bond acceptors (Lipinski definition) is 8. The summed E-state index contributed by atoms with van der Waals surface area (Å²) in [6.45, 7) is 1.77. The molecule has 10 nitrogen and oxygen atoms in total. The molecule has 0 bridgehead atoms. The summed E-state index contributed by atoms with van der Waals surface area (Å²) in [5.41, 5.74) is 2.40. The molecule has 1 unspecified atom stereocenters. The molecule has 35 heavy (non-hydrogen) atoms. The SMILES string of the molecule is Cc1cnc(Nc2ccc3c(c2)OCO3)nc1-n1cnc(C(=O)NC(CO)c2cccc(Cl)c2)c1. The van der Waals surface area contributed by atoms with Crippen LogP contribution in [0.5, 0.6) is 11.5 Å². The van der Waals surface area contributed by atoms with Crippen LogP contribution in [0.25, 0.3) is 5.82 Å². The molecule has 0 fully saturated rings. The van der Waals surface area contributed by atoms with Crippen molar-refractivity contribution in [3.63, 3.8) is 0 Å². The number of fused-ring (bicyclic) bond motifs is 1. The van der Waals surface area contributed by atoms with Gasteiger partial charge < -0.3 is 25.2 Å². The van der Waals surface area contributed by atoms with Crippen molar-refractivity contribution in [2.24, 2.45) is 0 Å². The third-order valence-electron chi connectivity index (χ3n) is 5.37. The number of amides is 1. The van der Waals surface area contributed by atoms with Gasteiger partial charge in [-0.3, -0.25) is 9.36 Å². The maximum Gasteiger partial charge on any atom is 0.272 e. The van der Waals surface area contributed by atoms with E-state index in [9.17, 15) is 9.90 Å². The second kappa shape index (κ2) is 9.61. The highest BCUT2D eigenvalue weighted by Crippen LogP contribution is 2.34. The Morgan fingerprint density at radius 1 is 1.20 bits per heavy atom. The number of rotatable bonds is 7. The van der Waals surface area contributed by atoms with Crippen LogP contribution in [0.4, 0.5) is 11.6 Å². The van der Waals surface area contributed by atoms with Gasteiger partial charge in [0, 0.05) is 34.7 Å². The van der Waals surface area contributed by atoms with Gasteiger partial charge in [-0.1, -0.05) is 23.7 Å². The average molecular weight is 493 g/mol. The Labute approximate surface area is 205 Å². The number of benzene rings is 2. The monoisotopic (exact) mass is 492 g/mol. The van der Waals surface area contributed by atoms with E-state index in [1.54, 1.807) is 41.2 Å². The third kappa shape index (κ3) is 4.88. The fourth-order valence-corrected chi connectivity index (χ4v) is 3.80. The van der Waals surface area contributed by atoms with Gasteiger partial charge >= 0.3 is 0 Å². The molecule has 1 aliphatic heterocycles. The summed E-state index contributed by atoms with van der Waals surface area (Å²) in [6.07, 6.45) is 4.75. The number of aryl methyl sites for hydroxylation is 1. The van der Waals surface area contributed by atoms with Crippen molar-refractivity contribution in [1.29, 1.82) is 0 Å². The lowest BCUT2D eigenvalue weighted by atomic mass is 10.1. The molecule has 5 rings (SSSR count). The zero-order valence-corrected chi connectivity index (χ0v) is 19.4. The fraction of sp³-hybridized carbons (Fsp3) is 0.167. The first kappa shape index (κ1) is 22.6. The molecule has 2 aromatic carbocycles. The van der Waals surface area contributed by atoms with Crippen molar-refractivity contribution in [3.05, 3.63) is 83.0 Å². The van der Waals surface area contributed by atoms with Crippen LogP contribution in [0, 0.1) is 6.92 Å². The lowest BCUT2D eigenvalue weighted by Gasteiger charge is -2.16. The van der Waals surface area contributed by atoms with Crippen LogP contribution in [0.3, 0.4) is 0 Å². The molecule has 11 heteroatoms. The highest BCUT2D eigenvalue weighted by Gasteiger charge is 2.19. The lowest BCUT2D eigenvalue weighted by Crippen LogP contribution is -2.31. The maximum atomic E-state index is 12.8. The van der Waals surface area contributed by atoms with E-state index in [-0.39, 0.29) is 19.1 Å². The van der Waals surface area contributed by atoms with Crippen LogP contribution in [0.15, 0.2) is 61.2 Å². The number of ether oxygens (including phenoxy) is 2. The largest absolute Gasteiger partial charge is 0.454 e. The molecule has 0 spiro atoms. The Morgan fingerprint density at radius 3 is 2.89 bits per heavy atom. The maximum absolute atomic E-state index is 12.8. The molecular weight excluding hydrogens is 472 g/mol. The van der Waals surface area contributed by atoms with Gasteiger partial charge in [-0.15, -0.1) is 0 Å². The fourth-order valence-electron chi connectivity index (χ4n) is 3.60. The topological polar surface area (TPSA) is 123 Å². The summed E-state index contributed by atoms with van der Waals surface area (Å²) in [7, 11) is 0. The first-order valence-corrected chi connectivity index (χ1v) is 11.1. The van der Waals surface area contributed by atoms with Gasteiger partial charge in [0.15, 0.2) is 11.5 Å². The number of aromatic nitrogens is 4. The minimum Gasteiger partial charge on any atom is -0.454 e. The predicted molar refractivity (Wildman–Crippen MR) is 128 cm³/mol. The number of carbonyl (C=O) groups excluding carboxylic acids is 1. The van der Waals surface area contributed by atoms with Crippen molar-refractivity contribution in [2.45, 2.75) is 13.0 Å². The molecule has 1 amide bonds. The highest BCUT2D eigenvalue weighted by molar-refractivity contribution is 6.30. The molecule has 4 aromatic rings. The summed E-state index contributed by atoms with van der Waals surface area (Å²) in [6, 6.07) is 11.8. The molecule has 1 aliphatic rings. The van der Waals surface area contributed by atoms with Crippen molar-refractivity contribution >= 4 is 29.1 Å². The van der Waals surface area contributed by atoms with Gasteiger partial charge in [0.1, 0.15) is 17.8 Å². The third-order valence-corrected chi connectivity index (χ3v) is 5.61. The zero-order chi connectivity index (χ0) is 24.4. The Morgan fingerprint density at radius 2 is 2.06 bits per heavy atom. The molecule has 3 N–H and O–H groups in total. The standard InChI is InChI=1S/C24H21ClN6O4/c1-14-9-26-24(28-17-5-6-20-21(8-17)35-13-34-20)30-22(14)31-10-18(27-12-31)23(33)29-19(11-32)15-3-2-4-16(25)7-15/h2-10,12,19,32H,11,13H2,1H3,(H,29,33)(H,26,28,30). The normalized spacial score (nSPS) is 12.9. The second-order valence-electron chi connectivity index (χ2n) is 7.82. The van der Waals surface area contributed by atoms with Crippen molar-refractivity contribution in [3.8, 4) is 17.3 Å². The van der Waals surface area contributed by atoms with Gasteiger partial charge in [0.05, 0.1) is 12.6 Å². The van der Waals surface area contributed by atoms with E-state index in [1.807, 2.05) is 25.1 Å². The number of halogens is 1. The van der Waals surface area contributed by atoms with Gasteiger partial charge in [0.25, 0.3) is 5.91 Å². The second-order valence-corrected chi connectivity index (χ2v) is 8.26. The Balaban J connectivity index is 1.33. The van der Waals surface area contributed by atoms with Gasteiger partial charge in [0.2, 0.25) is 12.7 Å². The lowest BCUT2D eigenvalue weighted by molar-refractivity contribution is 0.0911. The number of aliphatic hydroxyl groups excluding tert-OH is 1. The quantitative estimate of drug-likeness (QED) is 0.358. The average Bonchev–Trinajstić information content (AvgIpc) is 3.53. The van der Waals surface area contributed by atoms with Crippen molar-refractivity contribution in [2.75, 3.05) is 18.7 Å². The number of nitrogens with zero attached hydrogens (tertiary/aromatic N) is 4. The van der Waals surface area contributed by atoms with Crippen LogP contribution >= 0.6 is 11.6 Å². The number of aliphatic hydroxyl groups is 1. The zero-order valence-electron chi connectivity index (χ0n) is 18.6. The van der Waals surface area contributed by atoms with Crippen LogP contribution in [-0.4, -0.2) is 43.9 Å². The minimum atomic E-state index is -0.621. The van der Waals surface area contributed by atoms with Gasteiger partial charge in [-0.2, -0.15) is 4.98 Å². The number of anilines is 2. The summed E-state index contributed by atoms with van der Waals surface area (Å²) in [4.78, 5) is 25.9. The Kier molecular flexibility index (Phi) is 6.21. The van der Waals surface area contributed by atoms with E-state index >= 15 is 0 Å². The molecule has 0 saturated carbocycles. The molecule has 3 heterocycles. The first-order chi connectivity index (χ1) is 17.0. The molecule has 2 aromatic heterocycles. The van der Waals surface area contributed by atoms with Crippen LogP contribution in [0.2, 0.25) is 5.02 Å². The number of carbonyl (C=O) groups is 1. The van der Waals surface area contributed by atoms with Crippen LogP contribution in [-0.2, 0) is 0 Å². The molecule has 178 valence electrons. The van der Waals surface area contributed by atoms with E-state index in [2.05, 4.69) is 25.6 Å².